The molecule has 1 N–H and O–H groups in total. The number of carboxylic acid groups (broad SMARTS) is 1. The number of fused-ring (bicyclic) bond motifs is 1. The first-order chi connectivity index (χ1) is 17.1. The number of hydrogen-bond acceptors (Lipinski definition) is 7. The predicted octanol–water partition coefficient (Wildman–Crippen LogP) is 4.78. The lowest BCUT2D eigenvalue weighted by Crippen LogP contribution is -2.36. The summed E-state index contributed by atoms with van der Waals surface area (Å²) in [5.74, 6) is -0.624. The van der Waals surface area contributed by atoms with Gasteiger partial charge in [0.05, 0.1) is 19.3 Å². The van der Waals surface area contributed by atoms with Crippen molar-refractivity contribution in [3.8, 4) is 11.5 Å². The molecule has 1 aromatic heterocycles. The Kier molecular flexibility index (Phi) is 7.51. The van der Waals surface area contributed by atoms with Gasteiger partial charge in [0, 0.05) is 11.1 Å². The van der Waals surface area contributed by atoms with Gasteiger partial charge < -0.3 is 14.6 Å². The number of alkyl halides is 1. The molecule has 0 aliphatic heterocycles. The quantitative estimate of drug-likeness (QED) is 0.399. The molecule has 192 valence electrons. The second-order valence-electron chi connectivity index (χ2n) is 8.64. The zero-order valence-corrected chi connectivity index (χ0v) is 21.8. The van der Waals surface area contributed by atoms with Gasteiger partial charge in [0.15, 0.2) is 0 Å². The Balaban J connectivity index is 1.74. The van der Waals surface area contributed by atoms with E-state index in [0.29, 0.717) is 17.0 Å². The summed E-state index contributed by atoms with van der Waals surface area (Å²) >= 11 is 0.990. The number of aromatic nitrogens is 1. The van der Waals surface area contributed by atoms with Crippen LogP contribution in [0.4, 0.5) is 10.1 Å². The molecule has 0 saturated heterocycles. The van der Waals surface area contributed by atoms with Crippen LogP contribution in [0.3, 0.4) is 0 Å². The fourth-order valence-electron chi connectivity index (χ4n) is 4.16. The molecular weight excluding hydrogens is 507 g/mol. The van der Waals surface area contributed by atoms with E-state index in [0.717, 1.165) is 46.0 Å². The van der Waals surface area contributed by atoms with E-state index in [1.165, 1.54) is 20.1 Å². The number of carboxylic acids is 1. The van der Waals surface area contributed by atoms with Crippen LogP contribution in [-0.2, 0) is 29.5 Å². The van der Waals surface area contributed by atoms with Gasteiger partial charge in [-0.1, -0.05) is 6.07 Å². The molecule has 1 aliphatic carbocycles. The van der Waals surface area contributed by atoms with E-state index in [4.69, 9.17) is 9.47 Å². The van der Waals surface area contributed by atoms with Gasteiger partial charge >= 0.3 is 5.97 Å². The number of aryl methyl sites for hydroxylation is 3. The summed E-state index contributed by atoms with van der Waals surface area (Å²) in [5.41, 5.74) is 3.54. The van der Waals surface area contributed by atoms with Crippen LogP contribution in [0.15, 0.2) is 40.1 Å². The number of hydrogen-bond donors (Lipinski definition) is 1. The fourth-order valence-corrected chi connectivity index (χ4v) is 6.83. The summed E-state index contributed by atoms with van der Waals surface area (Å²) in [7, 11) is -2.76. The normalized spacial score (nSPS) is 13.8. The van der Waals surface area contributed by atoms with Crippen molar-refractivity contribution < 1.29 is 32.2 Å². The zero-order chi connectivity index (χ0) is 26.0. The number of methoxy groups -OCH3 is 1. The van der Waals surface area contributed by atoms with Crippen LogP contribution < -0.4 is 13.8 Å². The number of aromatic carboxylic acids is 1. The van der Waals surface area contributed by atoms with Crippen LogP contribution in [0, 0.1) is 6.92 Å². The molecule has 4 rings (SSSR count). The second kappa shape index (κ2) is 10.4. The molecule has 36 heavy (non-hydrogen) atoms. The maximum atomic E-state index is 14.3. The van der Waals surface area contributed by atoms with Gasteiger partial charge in [0.2, 0.25) is 4.34 Å². The summed E-state index contributed by atoms with van der Waals surface area (Å²) in [5, 5.41) is 11.0. The lowest BCUT2D eigenvalue weighted by molar-refractivity contribution is 0.0693. The number of anilines is 1. The first-order valence-corrected chi connectivity index (χ1v) is 13.7. The molecule has 2 aromatic carbocycles. The van der Waals surface area contributed by atoms with E-state index in [2.05, 4.69) is 4.98 Å². The van der Waals surface area contributed by atoms with Crippen molar-refractivity contribution >= 4 is 33.0 Å². The fraction of sp³-hybridized carbons (Fsp3) is 0.360. The van der Waals surface area contributed by atoms with Crippen molar-refractivity contribution in [2.45, 2.75) is 50.2 Å². The summed E-state index contributed by atoms with van der Waals surface area (Å²) in [6.07, 6.45) is 1.13. The predicted molar refractivity (Wildman–Crippen MR) is 135 cm³/mol. The van der Waals surface area contributed by atoms with E-state index < -0.39 is 28.7 Å². The minimum Gasteiger partial charge on any atom is -0.496 e. The Morgan fingerprint density at radius 2 is 1.94 bits per heavy atom. The number of halogens is 1. The Morgan fingerprint density at radius 1 is 1.22 bits per heavy atom. The Labute approximate surface area is 213 Å². The highest BCUT2D eigenvalue weighted by Crippen LogP contribution is 2.39. The topological polar surface area (TPSA) is 106 Å². The maximum absolute atomic E-state index is 14.3. The molecule has 8 nitrogen and oxygen atoms in total. The summed E-state index contributed by atoms with van der Waals surface area (Å²) in [6, 6.07) is 8.18. The van der Waals surface area contributed by atoms with Gasteiger partial charge in [0.1, 0.15) is 29.8 Å². The third kappa shape index (κ3) is 5.31. The van der Waals surface area contributed by atoms with Gasteiger partial charge in [0.25, 0.3) is 10.0 Å². The van der Waals surface area contributed by atoms with Crippen molar-refractivity contribution in [2.75, 3.05) is 18.0 Å². The maximum Gasteiger partial charge on any atom is 0.339 e. The first-order valence-electron chi connectivity index (χ1n) is 11.4. The highest BCUT2D eigenvalue weighted by atomic mass is 32.2. The van der Waals surface area contributed by atoms with Crippen LogP contribution in [0.5, 0.6) is 11.5 Å². The lowest BCUT2D eigenvalue weighted by Gasteiger charge is -2.27. The average Bonchev–Trinajstić information content (AvgIpc) is 3.48. The van der Waals surface area contributed by atoms with Crippen LogP contribution in [0.25, 0.3) is 0 Å². The summed E-state index contributed by atoms with van der Waals surface area (Å²) in [4.78, 5) is 15.5. The molecule has 0 fully saturated rings. The smallest absolute Gasteiger partial charge is 0.339 e. The molecule has 0 saturated carbocycles. The van der Waals surface area contributed by atoms with E-state index in [9.17, 15) is 22.7 Å². The van der Waals surface area contributed by atoms with E-state index in [1.54, 1.807) is 30.5 Å². The molecule has 3 aromatic rings. The van der Waals surface area contributed by atoms with E-state index in [-0.39, 0.29) is 27.9 Å². The van der Waals surface area contributed by atoms with Crippen molar-refractivity contribution in [1.29, 1.82) is 0 Å². The number of sulfonamides is 1. The molecule has 0 radical (unpaired) electrons. The van der Waals surface area contributed by atoms with Crippen molar-refractivity contribution in [2.24, 2.45) is 0 Å². The average molecular weight is 535 g/mol. The first kappa shape index (κ1) is 25.9. The van der Waals surface area contributed by atoms with Gasteiger partial charge in [-0.15, -0.1) is 11.3 Å². The van der Waals surface area contributed by atoms with E-state index >= 15 is 0 Å². The Hall–Kier alpha value is -3.18. The monoisotopic (exact) mass is 534 g/mol. The molecule has 1 heterocycles. The minimum atomic E-state index is -4.14. The van der Waals surface area contributed by atoms with Crippen molar-refractivity contribution in [1.82, 2.24) is 4.98 Å². The van der Waals surface area contributed by atoms with Gasteiger partial charge in [-0.25, -0.2) is 14.2 Å². The number of nitrogens with zero attached hydrogens (tertiary/aromatic N) is 2. The number of thiazole rings is 1. The van der Waals surface area contributed by atoms with Gasteiger partial charge in [-0.3, -0.25) is 4.31 Å². The molecule has 11 heteroatoms. The van der Waals surface area contributed by atoms with E-state index in [1.807, 2.05) is 6.07 Å². The number of benzene rings is 2. The largest absolute Gasteiger partial charge is 0.496 e. The van der Waals surface area contributed by atoms with Gasteiger partial charge in [-0.05, 0) is 74.1 Å². The number of ether oxygens (including phenoxy) is 2. The van der Waals surface area contributed by atoms with Gasteiger partial charge in [-0.2, -0.15) is 8.42 Å². The Bertz CT molecular complexity index is 1390. The number of rotatable bonds is 10. The van der Waals surface area contributed by atoms with Crippen molar-refractivity contribution in [3.05, 3.63) is 63.7 Å². The molecule has 1 aliphatic rings. The lowest BCUT2D eigenvalue weighted by atomic mass is 10.1. The molecular formula is C25H27FN2O6S2. The Morgan fingerprint density at radius 3 is 2.56 bits per heavy atom. The van der Waals surface area contributed by atoms with Crippen LogP contribution >= 0.6 is 11.3 Å². The highest BCUT2D eigenvalue weighted by molar-refractivity contribution is 7.94. The highest BCUT2D eigenvalue weighted by Gasteiger charge is 2.32. The van der Waals surface area contributed by atoms with Crippen LogP contribution in [0.1, 0.15) is 46.1 Å². The molecule has 1 unspecified atom stereocenters. The molecule has 1 atom stereocenters. The molecule has 0 spiro atoms. The second-order valence-corrected chi connectivity index (χ2v) is 11.5. The van der Waals surface area contributed by atoms with Crippen molar-refractivity contribution in [3.63, 3.8) is 0 Å². The summed E-state index contributed by atoms with van der Waals surface area (Å²) in [6.45, 7) is 2.64. The zero-order valence-electron chi connectivity index (χ0n) is 20.2. The third-order valence-electron chi connectivity index (χ3n) is 5.86. The van der Waals surface area contributed by atoms with Crippen LogP contribution in [-0.4, -0.2) is 44.3 Å². The molecule has 0 amide bonds. The summed E-state index contributed by atoms with van der Waals surface area (Å²) < 4.78 is 53.7. The number of carbonyl (C=O) groups is 1. The SMILES string of the molecule is COc1cc(COc2cc3c(cc2N(CC(C)F)S(=O)(=O)c2nc(C)cs2)CCC3)ccc1C(=O)O. The van der Waals surface area contributed by atoms with Crippen LogP contribution in [0.2, 0.25) is 0 Å². The molecule has 0 bridgehead atoms. The third-order valence-corrected chi connectivity index (χ3v) is 8.99. The minimum absolute atomic E-state index is 0.0208. The standard InChI is InChI=1S/C25H27FN2O6S2/c1-15(26)12-28(36(31,32)25-27-16(2)14-35-25)21-10-18-5-4-6-19(18)11-23(21)34-13-17-7-8-20(24(29)30)22(9-17)33-3/h7-11,14-15H,4-6,12-13H2,1-3H3,(H,29,30).